The van der Waals surface area contributed by atoms with Crippen molar-refractivity contribution in [2.75, 3.05) is 25.0 Å². The van der Waals surface area contributed by atoms with E-state index in [-0.39, 0.29) is 12.0 Å². The highest BCUT2D eigenvalue weighted by Crippen LogP contribution is 2.34. The summed E-state index contributed by atoms with van der Waals surface area (Å²) in [5, 5.41) is 9.72. The number of hydrogen-bond donors (Lipinski definition) is 3. The monoisotopic (exact) mass is 439 g/mol. The minimum Gasteiger partial charge on any atom is -0.332 e. The summed E-state index contributed by atoms with van der Waals surface area (Å²) in [4.78, 5) is 5.26. The lowest BCUT2D eigenvalue weighted by Gasteiger charge is -2.32. The van der Waals surface area contributed by atoms with Crippen molar-refractivity contribution in [3.05, 3.63) is 23.7 Å². The van der Waals surface area contributed by atoms with Crippen LogP contribution in [-0.4, -0.2) is 58.3 Å². The summed E-state index contributed by atoms with van der Waals surface area (Å²) in [6.07, 6.45) is -5.39. The van der Waals surface area contributed by atoms with Crippen LogP contribution < -0.4 is 16.4 Å². The van der Waals surface area contributed by atoms with E-state index in [1.54, 1.807) is 17.8 Å². The van der Waals surface area contributed by atoms with Gasteiger partial charge in [-0.25, -0.2) is 4.99 Å². The van der Waals surface area contributed by atoms with E-state index in [0.29, 0.717) is 37.3 Å². The molecule has 0 saturated carbocycles. The van der Waals surface area contributed by atoms with E-state index in [1.807, 2.05) is 0 Å². The summed E-state index contributed by atoms with van der Waals surface area (Å²) >= 11 is 0. The maximum absolute atomic E-state index is 13.0. The van der Waals surface area contributed by atoms with Crippen LogP contribution in [0.2, 0.25) is 0 Å². The predicted octanol–water partition coefficient (Wildman–Crippen LogP) is 2.88. The van der Waals surface area contributed by atoms with E-state index >= 15 is 0 Å². The maximum Gasteiger partial charge on any atom is 0.417 e. The Morgan fingerprint density at radius 1 is 1.23 bits per heavy atom. The zero-order chi connectivity index (χ0) is 22.3. The molecule has 0 bridgehead atoms. The first-order valence-electron chi connectivity index (χ1n) is 9.29. The molecule has 2 aliphatic rings. The Morgan fingerprint density at radius 3 is 2.40 bits per heavy atom. The zero-order valence-corrected chi connectivity index (χ0v) is 16.4. The standard InChI is InChI=1S/C17H23F6N7/c1-10-12(26-14-25-7-13(17(21,22)23)15(2,24)27-14)8-30(28-10)11-3-5-29(6-4-11)9-16(18,19)20/h7-8,11H,3-6,9,24H2,1-2H3,(H2,25,26,27). The lowest BCUT2D eigenvalue weighted by molar-refractivity contribution is -0.148. The number of nitrogens with two attached hydrogens (primary N) is 1. The fraction of sp³-hybridized carbons (Fsp3) is 0.647. The van der Waals surface area contributed by atoms with Gasteiger partial charge in [0.2, 0.25) is 5.96 Å². The summed E-state index contributed by atoms with van der Waals surface area (Å²) in [5.41, 5.74) is 3.83. The van der Waals surface area contributed by atoms with E-state index in [4.69, 9.17) is 5.73 Å². The molecule has 3 heterocycles. The normalized spacial score (nSPS) is 24.3. The molecule has 1 aromatic rings. The molecule has 4 N–H and O–H groups in total. The number of hydrogen-bond acceptors (Lipinski definition) is 6. The van der Waals surface area contributed by atoms with Crippen LogP contribution in [0.15, 0.2) is 23.0 Å². The van der Waals surface area contributed by atoms with Crippen LogP contribution in [0.25, 0.3) is 0 Å². The van der Waals surface area contributed by atoms with Crippen molar-refractivity contribution in [2.45, 2.75) is 50.7 Å². The smallest absolute Gasteiger partial charge is 0.332 e. The number of nitrogens with one attached hydrogen (secondary N) is 2. The van der Waals surface area contributed by atoms with Gasteiger partial charge in [-0.3, -0.25) is 9.58 Å². The van der Waals surface area contributed by atoms with Gasteiger partial charge in [-0.15, -0.1) is 0 Å². The first kappa shape index (κ1) is 22.4. The van der Waals surface area contributed by atoms with Gasteiger partial charge in [0.05, 0.1) is 29.5 Å². The minimum atomic E-state index is -4.62. The highest BCUT2D eigenvalue weighted by molar-refractivity contribution is 5.95. The molecular weight excluding hydrogens is 416 g/mol. The van der Waals surface area contributed by atoms with Crippen LogP contribution in [0.1, 0.15) is 31.5 Å². The second-order valence-electron chi connectivity index (χ2n) is 7.66. The third-order valence-corrected chi connectivity index (χ3v) is 5.05. The van der Waals surface area contributed by atoms with Gasteiger partial charge in [-0.05, 0) is 26.7 Å². The summed E-state index contributed by atoms with van der Waals surface area (Å²) in [7, 11) is 0. The highest BCUT2D eigenvalue weighted by atomic mass is 19.4. The van der Waals surface area contributed by atoms with Crippen molar-refractivity contribution >= 4 is 11.6 Å². The van der Waals surface area contributed by atoms with Gasteiger partial charge in [0.1, 0.15) is 5.66 Å². The van der Waals surface area contributed by atoms with Gasteiger partial charge in [0, 0.05) is 25.5 Å². The lowest BCUT2D eigenvalue weighted by atomic mass is 10.0. The number of anilines is 1. The van der Waals surface area contributed by atoms with Crippen LogP contribution in [-0.2, 0) is 0 Å². The third kappa shape index (κ3) is 5.25. The molecule has 0 amide bonds. The number of aliphatic imine (C=N–C) groups is 1. The number of rotatable bonds is 3. The number of alkyl halides is 6. The van der Waals surface area contributed by atoms with Gasteiger partial charge in [-0.2, -0.15) is 31.4 Å². The number of guanidine groups is 1. The highest BCUT2D eigenvalue weighted by Gasteiger charge is 2.45. The van der Waals surface area contributed by atoms with Gasteiger partial charge in [0.15, 0.2) is 0 Å². The summed E-state index contributed by atoms with van der Waals surface area (Å²) in [6.45, 7) is 2.54. The Labute approximate surface area is 169 Å². The molecule has 1 atom stereocenters. The Bertz CT molecular complexity index is 829. The van der Waals surface area contributed by atoms with E-state index in [1.165, 1.54) is 4.90 Å². The first-order valence-corrected chi connectivity index (χ1v) is 9.29. The van der Waals surface area contributed by atoms with E-state index in [0.717, 1.165) is 13.1 Å². The molecule has 7 nitrogen and oxygen atoms in total. The molecule has 13 heteroatoms. The zero-order valence-electron chi connectivity index (χ0n) is 16.4. The topological polar surface area (TPSA) is 83.5 Å². The van der Waals surface area contributed by atoms with Crippen molar-refractivity contribution in [1.29, 1.82) is 0 Å². The number of piperidine rings is 1. The van der Waals surface area contributed by atoms with Crippen molar-refractivity contribution in [1.82, 2.24) is 20.0 Å². The number of nitrogens with zero attached hydrogens (tertiary/aromatic N) is 4. The number of aromatic nitrogens is 2. The van der Waals surface area contributed by atoms with Crippen LogP contribution in [0.5, 0.6) is 0 Å². The second kappa shape index (κ2) is 7.76. The summed E-state index contributed by atoms with van der Waals surface area (Å²) < 4.78 is 78.3. The van der Waals surface area contributed by atoms with Crippen LogP contribution in [0.3, 0.4) is 0 Å². The average molecular weight is 439 g/mol. The third-order valence-electron chi connectivity index (χ3n) is 5.05. The molecule has 0 spiro atoms. The molecule has 1 aromatic heterocycles. The Kier molecular flexibility index (Phi) is 5.80. The van der Waals surface area contributed by atoms with Crippen LogP contribution in [0.4, 0.5) is 32.0 Å². The molecule has 1 unspecified atom stereocenters. The van der Waals surface area contributed by atoms with Gasteiger partial charge in [-0.1, -0.05) is 0 Å². The number of aryl methyl sites for hydroxylation is 1. The molecule has 1 saturated heterocycles. The first-order chi connectivity index (χ1) is 13.7. The van der Waals surface area contributed by atoms with E-state index in [9.17, 15) is 26.3 Å². The van der Waals surface area contributed by atoms with E-state index in [2.05, 4.69) is 20.7 Å². The van der Waals surface area contributed by atoms with Crippen molar-refractivity contribution in [2.24, 2.45) is 10.7 Å². The Balaban J connectivity index is 1.65. The van der Waals surface area contributed by atoms with Crippen molar-refractivity contribution in [3.63, 3.8) is 0 Å². The fourth-order valence-corrected chi connectivity index (χ4v) is 3.56. The number of halogens is 6. The largest absolute Gasteiger partial charge is 0.417 e. The van der Waals surface area contributed by atoms with Crippen molar-refractivity contribution in [3.8, 4) is 0 Å². The maximum atomic E-state index is 13.0. The predicted molar refractivity (Wildman–Crippen MR) is 98.7 cm³/mol. The molecule has 2 aliphatic heterocycles. The van der Waals surface area contributed by atoms with Gasteiger partial charge in [0.25, 0.3) is 0 Å². The van der Waals surface area contributed by atoms with Crippen LogP contribution >= 0.6 is 0 Å². The quantitative estimate of drug-likeness (QED) is 0.631. The van der Waals surface area contributed by atoms with Gasteiger partial charge >= 0.3 is 12.4 Å². The molecule has 0 aromatic carbocycles. The fourth-order valence-electron chi connectivity index (χ4n) is 3.56. The Morgan fingerprint density at radius 2 is 1.87 bits per heavy atom. The SMILES string of the molecule is Cc1nn(C2CCN(CC(F)(F)F)CC2)cc1NC1=NC(C)(N)C(C(F)(F)F)=CN1. The molecule has 168 valence electrons. The molecule has 0 aliphatic carbocycles. The summed E-state index contributed by atoms with van der Waals surface area (Å²) in [6, 6.07) is -0.0681. The summed E-state index contributed by atoms with van der Waals surface area (Å²) in [5.74, 6) is 0.0376. The molecule has 30 heavy (non-hydrogen) atoms. The molecular formula is C17H23F6N7. The molecule has 3 rings (SSSR count). The second-order valence-corrected chi connectivity index (χ2v) is 7.66. The Hall–Kier alpha value is -2.28. The van der Waals surface area contributed by atoms with Gasteiger partial charge < -0.3 is 16.4 Å². The van der Waals surface area contributed by atoms with E-state index < -0.39 is 30.1 Å². The average Bonchev–Trinajstić information content (AvgIpc) is 2.92. The minimum absolute atomic E-state index is 0.0376. The number of likely N-dealkylation sites (tertiary alicyclic amines) is 1. The van der Waals surface area contributed by atoms with Crippen LogP contribution in [0, 0.1) is 6.92 Å². The molecule has 0 radical (unpaired) electrons. The lowest BCUT2D eigenvalue weighted by Crippen LogP contribution is -2.49. The molecule has 1 fully saturated rings. The van der Waals surface area contributed by atoms with Crippen molar-refractivity contribution < 1.29 is 26.3 Å².